The Kier molecular flexibility index (Phi) is 5.93. The van der Waals surface area contributed by atoms with Gasteiger partial charge < -0.3 is 10.1 Å². The van der Waals surface area contributed by atoms with Crippen LogP contribution in [0.3, 0.4) is 0 Å². The van der Waals surface area contributed by atoms with Crippen LogP contribution >= 0.6 is 12.4 Å². The zero-order valence-corrected chi connectivity index (χ0v) is 16.1. The standard InChI is InChI=1S/C19H25F2N3O2.ClH/c1-26-14-4-2-3-12(9-14)17-15(7-8-24(17)13-5-6-13)23-18(25)16-10-19(20,21)11-22-16;/h2-4,9,13,15-17,22H,5-8,10-11H2,1H3,(H,23,25);1H. The number of nitrogens with zero attached hydrogens (tertiary/aromatic N) is 1. The summed E-state index contributed by atoms with van der Waals surface area (Å²) in [4.78, 5) is 15.0. The van der Waals surface area contributed by atoms with E-state index in [1.807, 2.05) is 18.2 Å². The third kappa shape index (κ3) is 4.36. The van der Waals surface area contributed by atoms with Gasteiger partial charge in [-0.3, -0.25) is 15.0 Å². The summed E-state index contributed by atoms with van der Waals surface area (Å²) >= 11 is 0. The number of hydrogen-bond donors (Lipinski definition) is 2. The largest absolute Gasteiger partial charge is 0.497 e. The molecule has 0 spiro atoms. The van der Waals surface area contributed by atoms with Crippen LogP contribution in [0.4, 0.5) is 8.78 Å². The van der Waals surface area contributed by atoms with E-state index in [-0.39, 0.29) is 30.4 Å². The Labute approximate surface area is 164 Å². The number of alkyl halides is 2. The summed E-state index contributed by atoms with van der Waals surface area (Å²) in [6, 6.07) is 7.64. The number of amides is 1. The molecular weight excluding hydrogens is 376 g/mol. The lowest BCUT2D eigenvalue weighted by molar-refractivity contribution is -0.124. The first-order valence-corrected chi connectivity index (χ1v) is 9.28. The lowest BCUT2D eigenvalue weighted by Gasteiger charge is -2.30. The van der Waals surface area contributed by atoms with Gasteiger partial charge in [0.25, 0.3) is 5.92 Å². The molecule has 2 saturated heterocycles. The number of carbonyl (C=O) groups is 1. The highest BCUT2D eigenvalue weighted by atomic mass is 35.5. The van der Waals surface area contributed by atoms with Gasteiger partial charge in [0.2, 0.25) is 5.91 Å². The van der Waals surface area contributed by atoms with Crippen LogP contribution in [-0.4, -0.2) is 55.1 Å². The summed E-state index contributed by atoms with van der Waals surface area (Å²) in [6.45, 7) is 0.481. The molecule has 8 heteroatoms. The van der Waals surface area contributed by atoms with Crippen LogP contribution < -0.4 is 15.4 Å². The number of ether oxygens (including phenoxy) is 1. The van der Waals surface area contributed by atoms with Crippen LogP contribution in [0.25, 0.3) is 0 Å². The van der Waals surface area contributed by atoms with Crippen LogP contribution in [0.2, 0.25) is 0 Å². The highest BCUT2D eigenvalue weighted by molar-refractivity contribution is 5.85. The van der Waals surface area contributed by atoms with Crippen molar-refractivity contribution in [3.05, 3.63) is 29.8 Å². The molecule has 2 aliphatic heterocycles. The number of benzene rings is 1. The molecule has 2 N–H and O–H groups in total. The van der Waals surface area contributed by atoms with Gasteiger partial charge in [-0.05, 0) is 37.0 Å². The Morgan fingerprint density at radius 1 is 1.33 bits per heavy atom. The van der Waals surface area contributed by atoms with E-state index in [0.717, 1.165) is 24.3 Å². The molecule has 1 aliphatic carbocycles. The predicted octanol–water partition coefficient (Wildman–Crippen LogP) is 2.51. The summed E-state index contributed by atoms with van der Waals surface area (Å²) in [7, 11) is 1.64. The summed E-state index contributed by atoms with van der Waals surface area (Å²) in [5.74, 6) is -2.34. The molecule has 3 atom stereocenters. The number of carbonyl (C=O) groups excluding carboxylic acids is 1. The minimum atomic E-state index is -2.80. The molecular formula is C19H26ClF2N3O2. The average molecular weight is 402 g/mol. The van der Waals surface area contributed by atoms with Crippen molar-refractivity contribution in [1.82, 2.24) is 15.5 Å². The molecule has 1 saturated carbocycles. The van der Waals surface area contributed by atoms with E-state index in [1.165, 1.54) is 12.8 Å². The lowest BCUT2D eigenvalue weighted by Crippen LogP contribution is -2.47. The van der Waals surface area contributed by atoms with E-state index in [0.29, 0.717) is 6.04 Å². The summed E-state index contributed by atoms with van der Waals surface area (Å²) < 4.78 is 32.2. The first-order chi connectivity index (χ1) is 12.5. The van der Waals surface area contributed by atoms with Crippen LogP contribution in [0.15, 0.2) is 24.3 Å². The Morgan fingerprint density at radius 2 is 2.11 bits per heavy atom. The highest BCUT2D eigenvalue weighted by Crippen LogP contribution is 2.41. The normalized spacial score (nSPS) is 30.0. The molecule has 3 unspecified atom stereocenters. The summed E-state index contributed by atoms with van der Waals surface area (Å²) in [6.07, 6.45) is 2.75. The van der Waals surface area contributed by atoms with Crippen molar-refractivity contribution in [3.63, 3.8) is 0 Å². The van der Waals surface area contributed by atoms with Crippen LogP contribution in [0, 0.1) is 0 Å². The molecule has 1 aromatic rings. The monoisotopic (exact) mass is 401 g/mol. The number of rotatable bonds is 5. The van der Waals surface area contributed by atoms with Gasteiger partial charge >= 0.3 is 0 Å². The molecule has 1 aromatic carbocycles. The minimum absolute atomic E-state index is 0. The Morgan fingerprint density at radius 3 is 2.74 bits per heavy atom. The predicted molar refractivity (Wildman–Crippen MR) is 101 cm³/mol. The topological polar surface area (TPSA) is 53.6 Å². The quantitative estimate of drug-likeness (QED) is 0.796. The molecule has 150 valence electrons. The summed E-state index contributed by atoms with van der Waals surface area (Å²) in [5.41, 5.74) is 1.10. The molecule has 2 heterocycles. The number of hydrogen-bond acceptors (Lipinski definition) is 4. The second kappa shape index (κ2) is 7.89. The third-order valence-electron chi connectivity index (χ3n) is 5.64. The maximum absolute atomic E-state index is 13.4. The molecule has 0 bridgehead atoms. The van der Waals surface area contributed by atoms with Crippen molar-refractivity contribution in [2.24, 2.45) is 0 Å². The fraction of sp³-hybridized carbons (Fsp3) is 0.632. The van der Waals surface area contributed by atoms with Crippen molar-refractivity contribution < 1.29 is 18.3 Å². The van der Waals surface area contributed by atoms with Gasteiger partial charge in [-0.2, -0.15) is 0 Å². The zero-order chi connectivity index (χ0) is 18.3. The van der Waals surface area contributed by atoms with Crippen molar-refractivity contribution in [1.29, 1.82) is 0 Å². The Bertz CT molecular complexity index is 687. The molecule has 3 aliphatic rings. The van der Waals surface area contributed by atoms with Gasteiger partial charge in [-0.25, -0.2) is 8.78 Å². The molecule has 0 aromatic heterocycles. The van der Waals surface area contributed by atoms with Crippen LogP contribution in [-0.2, 0) is 4.79 Å². The molecule has 0 radical (unpaired) electrons. The zero-order valence-electron chi connectivity index (χ0n) is 15.3. The Hall–Kier alpha value is -1.44. The first-order valence-electron chi connectivity index (χ1n) is 9.28. The smallest absolute Gasteiger partial charge is 0.262 e. The maximum atomic E-state index is 13.4. The van der Waals surface area contributed by atoms with Gasteiger partial charge in [-0.1, -0.05) is 12.1 Å². The fourth-order valence-electron chi connectivity index (χ4n) is 4.22. The number of methoxy groups -OCH3 is 1. The average Bonchev–Trinajstić information content (AvgIpc) is 3.29. The second-order valence-electron chi connectivity index (χ2n) is 7.59. The van der Waals surface area contributed by atoms with Gasteiger partial charge in [0.15, 0.2) is 0 Å². The maximum Gasteiger partial charge on any atom is 0.262 e. The minimum Gasteiger partial charge on any atom is -0.497 e. The first kappa shape index (κ1) is 20.3. The number of halogens is 3. The van der Waals surface area contributed by atoms with E-state index in [2.05, 4.69) is 21.6 Å². The molecule has 3 fully saturated rings. The van der Waals surface area contributed by atoms with Crippen molar-refractivity contribution in [2.75, 3.05) is 20.2 Å². The summed E-state index contributed by atoms with van der Waals surface area (Å²) in [5, 5.41) is 5.68. The molecule has 1 amide bonds. The lowest BCUT2D eigenvalue weighted by atomic mass is 9.99. The number of nitrogens with one attached hydrogen (secondary N) is 2. The highest BCUT2D eigenvalue weighted by Gasteiger charge is 2.46. The third-order valence-corrected chi connectivity index (χ3v) is 5.64. The van der Waals surface area contributed by atoms with Crippen molar-refractivity contribution in [2.45, 2.75) is 55.8 Å². The van der Waals surface area contributed by atoms with Crippen molar-refractivity contribution in [3.8, 4) is 5.75 Å². The molecule has 5 nitrogen and oxygen atoms in total. The van der Waals surface area contributed by atoms with Gasteiger partial charge in [0.05, 0.1) is 25.7 Å². The second-order valence-corrected chi connectivity index (χ2v) is 7.59. The molecule has 4 rings (SSSR count). The van der Waals surface area contributed by atoms with Gasteiger partial charge in [-0.15, -0.1) is 12.4 Å². The van der Waals surface area contributed by atoms with E-state index in [9.17, 15) is 13.6 Å². The molecule has 27 heavy (non-hydrogen) atoms. The van der Waals surface area contributed by atoms with Crippen LogP contribution in [0.1, 0.15) is 37.3 Å². The van der Waals surface area contributed by atoms with Gasteiger partial charge in [0, 0.05) is 25.0 Å². The van der Waals surface area contributed by atoms with E-state index >= 15 is 0 Å². The van der Waals surface area contributed by atoms with E-state index in [4.69, 9.17) is 4.74 Å². The van der Waals surface area contributed by atoms with E-state index < -0.39 is 24.9 Å². The van der Waals surface area contributed by atoms with E-state index in [1.54, 1.807) is 7.11 Å². The van der Waals surface area contributed by atoms with Crippen LogP contribution in [0.5, 0.6) is 5.75 Å². The fourth-order valence-corrected chi connectivity index (χ4v) is 4.22. The number of likely N-dealkylation sites (tertiary alicyclic amines) is 1. The van der Waals surface area contributed by atoms with Gasteiger partial charge in [0.1, 0.15) is 5.75 Å². The Balaban J connectivity index is 0.00000210. The van der Waals surface area contributed by atoms with Crippen molar-refractivity contribution >= 4 is 18.3 Å². The SMILES string of the molecule is COc1cccc(C2C(NC(=O)C3CC(F)(F)CN3)CCN2C2CC2)c1.Cl.